The Hall–Kier alpha value is -1.07. The van der Waals surface area contributed by atoms with Gasteiger partial charge in [-0.1, -0.05) is 13.8 Å². The zero-order valence-corrected chi connectivity index (χ0v) is 13.9. The average Bonchev–Trinajstić information content (AvgIpc) is 2.70. The van der Waals surface area contributed by atoms with Crippen LogP contribution in [0, 0.1) is 0 Å². The van der Waals surface area contributed by atoms with Gasteiger partial charge >= 0.3 is 0 Å². The predicted molar refractivity (Wildman–Crippen MR) is 85.7 cm³/mol. The van der Waals surface area contributed by atoms with Crippen molar-refractivity contribution in [3.05, 3.63) is 18.2 Å². The molecule has 1 aliphatic heterocycles. The van der Waals surface area contributed by atoms with E-state index in [0.29, 0.717) is 25.0 Å². The Morgan fingerprint density at radius 2 is 1.95 bits per heavy atom. The van der Waals surface area contributed by atoms with E-state index < -0.39 is 10.8 Å². The van der Waals surface area contributed by atoms with Gasteiger partial charge in [-0.15, -0.1) is 0 Å². The van der Waals surface area contributed by atoms with Gasteiger partial charge in [-0.25, -0.2) is 0 Å². The van der Waals surface area contributed by atoms with Gasteiger partial charge in [0, 0.05) is 28.7 Å². The maximum Gasteiger partial charge on any atom is 0.162 e. The van der Waals surface area contributed by atoms with Crippen molar-refractivity contribution in [3.63, 3.8) is 0 Å². The van der Waals surface area contributed by atoms with Crippen LogP contribution in [0.5, 0.6) is 11.5 Å². The molecule has 5 heteroatoms. The Morgan fingerprint density at radius 3 is 2.67 bits per heavy atom. The molecule has 3 unspecified atom stereocenters. The molecule has 0 aromatic heterocycles. The molecule has 3 atom stereocenters. The van der Waals surface area contributed by atoms with Crippen LogP contribution in [0.1, 0.15) is 33.6 Å². The van der Waals surface area contributed by atoms with Crippen molar-refractivity contribution in [3.8, 4) is 11.5 Å². The van der Waals surface area contributed by atoms with Crippen LogP contribution in [0.3, 0.4) is 0 Å². The average molecular weight is 311 g/mol. The first-order chi connectivity index (χ1) is 10.1. The molecule has 0 saturated heterocycles. The van der Waals surface area contributed by atoms with E-state index in [4.69, 9.17) is 9.47 Å². The van der Waals surface area contributed by atoms with Gasteiger partial charge in [-0.2, -0.15) is 0 Å². The van der Waals surface area contributed by atoms with Gasteiger partial charge < -0.3 is 14.8 Å². The highest BCUT2D eigenvalue weighted by molar-refractivity contribution is 7.85. The molecule has 1 heterocycles. The summed E-state index contributed by atoms with van der Waals surface area (Å²) in [6, 6.07) is 5.99. The third kappa shape index (κ3) is 4.45. The molecule has 0 radical (unpaired) electrons. The normalized spacial score (nSPS) is 18.6. The smallest absolute Gasteiger partial charge is 0.162 e. The standard InChI is InChI=1S/C16H25NO3S/c1-4-17-12(2)10-13(3)21(18)14-6-7-15-16(11-14)20-9-5-8-19-15/h6-7,11-13,17H,4-5,8-10H2,1-3H3. The van der Waals surface area contributed by atoms with Crippen LogP contribution in [-0.2, 0) is 10.8 Å². The van der Waals surface area contributed by atoms with Crippen molar-refractivity contribution in [1.29, 1.82) is 0 Å². The molecular weight excluding hydrogens is 286 g/mol. The molecule has 21 heavy (non-hydrogen) atoms. The van der Waals surface area contributed by atoms with Crippen LogP contribution in [-0.4, -0.2) is 35.3 Å². The van der Waals surface area contributed by atoms with Crippen molar-refractivity contribution in [1.82, 2.24) is 5.32 Å². The summed E-state index contributed by atoms with van der Waals surface area (Å²) in [5.74, 6) is 1.47. The lowest BCUT2D eigenvalue weighted by atomic mass is 10.2. The van der Waals surface area contributed by atoms with E-state index in [1.165, 1.54) is 0 Å². The molecule has 1 aromatic carbocycles. The summed E-state index contributed by atoms with van der Waals surface area (Å²) in [6.07, 6.45) is 1.76. The summed E-state index contributed by atoms with van der Waals surface area (Å²) < 4.78 is 23.9. The lowest BCUT2D eigenvalue weighted by molar-refractivity contribution is 0.297. The summed E-state index contributed by atoms with van der Waals surface area (Å²) >= 11 is 0. The van der Waals surface area contributed by atoms with E-state index in [-0.39, 0.29) is 5.25 Å². The summed E-state index contributed by atoms with van der Waals surface area (Å²) in [7, 11) is -1.03. The summed E-state index contributed by atoms with van der Waals surface area (Å²) in [5, 5.41) is 3.46. The van der Waals surface area contributed by atoms with Crippen LogP contribution in [0.2, 0.25) is 0 Å². The molecule has 1 N–H and O–H groups in total. The Kier molecular flexibility index (Phi) is 6.06. The van der Waals surface area contributed by atoms with Gasteiger partial charge in [0.05, 0.1) is 24.0 Å². The van der Waals surface area contributed by atoms with Crippen LogP contribution >= 0.6 is 0 Å². The van der Waals surface area contributed by atoms with E-state index >= 15 is 0 Å². The third-order valence-electron chi connectivity index (χ3n) is 3.55. The summed E-state index contributed by atoms with van der Waals surface area (Å²) in [6.45, 7) is 8.51. The summed E-state index contributed by atoms with van der Waals surface area (Å²) in [4.78, 5) is 0.815. The second-order valence-electron chi connectivity index (χ2n) is 5.46. The molecule has 1 aliphatic rings. The van der Waals surface area contributed by atoms with Crippen LogP contribution in [0.4, 0.5) is 0 Å². The van der Waals surface area contributed by atoms with Crippen LogP contribution in [0.25, 0.3) is 0 Å². The fourth-order valence-electron chi connectivity index (χ4n) is 2.52. The molecule has 0 spiro atoms. The van der Waals surface area contributed by atoms with Crippen LogP contribution < -0.4 is 14.8 Å². The van der Waals surface area contributed by atoms with Gasteiger partial charge in [-0.05, 0) is 32.0 Å². The SMILES string of the molecule is CCNC(C)CC(C)S(=O)c1ccc2c(c1)OCCCO2. The third-order valence-corrected chi connectivity index (χ3v) is 5.20. The van der Waals surface area contributed by atoms with E-state index in [0.717, 1.165) is 30.0 Å². The number of fused-ring (bicyclic) bond motifs is 1. The molecule has 4 nitrogen and oxygen atoms in total. The maximum absolute atomic E-state index is 12.6. The Labute approximate surface area is 129 Å². The number of hydrogen-bond acceptors (Lipinski definition) is 4. The zero-order valence-electron chi connectivity index (χ0n) is 13.1. The van der Waals surface area contributed by atoms with E-state index in [9.17, 15) is 4.21 Å². The second-order valence-corrected chi connectivity index (χ2v) is 7.33. The van der Waals surface area contributed by atoms with Crippen molar-refractivity contribution < 1.29 is 13.7 Å². The first kappa shape index (κ1) is 16.3. The van der Waals surface area contributed by atoms with Crippen molar-refractivity contribution in [2.24, 2.45) is 0 Å². The minimum Gasteiger partial charge on any atom is -0.490 e. The highest BCUT2D eigenvalue weighted by Crippen LogP contribution is 2.32. The predicted octanol–water partition coefficient (Wildman–Crippen LogP) is 2.73. The van der Waals surface area contributed by atoms with E-state index in [1.807, 2.05) is 25.1 Å². The zero-order chi connectivity index (χ0) is 15.2. The fourth-order valence-corrected chi connectivity index (χ4v) is 3.87. The maximum atomic E-state index is 12.6. The molecule has 0 saturated carbocycles. The second kappa shape index (κ2) is 7.80. The van der Waals surface area contributed by atoms with E-state index in [2.05, 4.69) is 19.2 Å². The van der Waals surface area contributed by atoms with Crippen LogP contribution in [0.15, 0.2) is 23.1 Å². The first-order valence-corrected chi connectivity index (χ1v) is 8.86. The number of hydrogen-bond donors (Lipinski definition) is 1. The largest absolute Gasteiger partial charge is 0.490 e. The van der Waals surface area contributed by atoms with Crippen molar-refractivity contribution >= 4 is 10.8 Å². The lowest BCUT2D eigenvalue weighted by Crippen LogP contribution is -2.30. The monoisotopic (exact) mass is 311 g/mol. The van der Waals surface area contributed by atoms with Crippen molar-refractivity contribution in [2.45, 2.75) is 49.8 Å². The lowest BCUT2D eigenvalue weighted by Gasteiger charge is -2.18. The van der Waals surface area contributed by atoms with Gasteiger partial charge in [-0.3, -0.25) is 4.21 Å². The first-order valence-electron chi connectivity index (χ1n) is 7.65. The molecular formula is C16H25NO3S. The fraction of sp³-hybridized carbons (Fsp3) is 0.625. The molecule has 0 aliphatic carbocycles. The quantitative estimate of drug-likeness (QED) is 0.877. The Morgan fingerprint density at radius 1 is 1.24 bits per heavy atom. The number of nitrogens with one attached hydrogen (secondary N) is 1. The van der Waals surface area contributed by atoms with Crippen molar-refractivity contribution in [2.75, 3.05) is 19.8 Å². The molecule has 0 bridgehead atoms. The highest BCUT2D eigenvalue weighted by Gasteiger charge is 2.19. The topological polar surface area (TPSA) is 47.6 Å². The van der Waals surface area contributed by atoms with Gasteiger partial charge in [0.1, 0.15) is 0 Å². The molecule has 1 aromatic rings. The minimum absolute atomic E-state index is 0.101. The highest BCUT2D eigenvalue weighted by atomic mass is 32.2. The Bertz CT molecular complexity index is 492. The molecule has 2 rings (SSSR count). The summed E-state index contributed by atoms with van der Waals surface area (Å²) in [5.41, 5.74) is 0. The molecule has 118 valence electrons. The molecule has 0 amide bonds. The minimum atomic E-state index is -1.03. The Balaban J connectivity index is 2.07. The number of benzene rings is 1. The van der Waals surface area contributed by atoms with Gasteiger partial charge in [0.2, 0.25) is 0 Å². The van der Waals surface area contributed by atoms with Gasteiger partial charge in [0.25, 0.3) is 0 Å². The van der Waals surface area contributed by atoms with Gasteiger partial charge in [0.15, 0.2) is 11.5 Å². The molecule has 0 fully saturated rings. The number of ether oxygens (including phenoxy) is 2. The van der Waals surface area contributed by atoms with E-state index in [1.54, 1.807) is 0 Å². The number of rotatable bonds is 6.